The first-order valence-corrected chi connectivity index (χ1v) is 8.72. The Labute approximate surface area is 163 Å². The van der Waals surface area contributed by atoms with Gasteiger partial charge in [-0.15, -0.1) is 0 Å². The van der Waals surface area contributed by atoms with Gasteiger partial charge in [-0.05, 0) is 50.2 Å². The summed E-state index contributed by atoms with van der Waals surface area (Å²) >= 11 is 0. The standard InChI is InChI=1S/C21H22N4O3/c1-13-11-14(2)23-21(22-13)25-16-8-5-7-15(12-16)24-20(26)19-17(27-3)9-6-10-18(19)28-4/h5-12H,1-4H3,(H,24,26)(H,22,23,25). The van der Waals surface area contributed by atoms with E-state index in [9.17, 15) is 4.79 Å². The summed E-state index contributed by atoms with van der Waals surface area (Å²) in [5, 5.41) is 6.04. The number of methoxy groups -OCH3 is 2. The van der Waals surface area contributed by atoms with Gasteiger partial charge in [0.1, 0.15) is 17.1 Å². The van der Waals surface area contributed by atoms with Crippen molar-refractivity contribution in [1.29, 1.82) is 0 Å². The molecule has 2 aromatic carbocycles. The Morgan fingerprint density at radius 2 is 1.43 bits per heavy atom. The number of carbonyl (C=O) groups is 1. The fourth-order valence-electron chi connectivity index (χ4n) is 2.85. The predicted molar refractivity (Wildman–Crippen MR) is 109 cm³/mol. The van der Waals surface area contributed by atoms with Crippen molar-refractivity contribution in [2.75, 3.05) is 24.9 Å². The normalized spacial score (nSPS) is 10.3. The van der Waals surface area contributed by atoms with E-state index in [4.69, 9.17) is 9.47 Å². The maximum absolute atomic E-state index is 12.8. The van der Waals surface area contributed by atoms with Gasteiger partial charge in [0, 0.05) is 22.8 Å². The number of benzene rings is 2. The molecule has 7 nitrogen and oxygen atoms in total. The van der Waals surface area contributed by atoms with Crippen molar-refractivity contribution in [3.8, 4) is 11.5 Å². The number of rotatable bonds is 6. The molecule has 0 saturated heterocycles. The molecule has 0 spiro atoms. The fraction of sp³-hybridized carbons (Fsp3) is 0.190. The zero-order valence-electron chi connectivity index (χ0n) is 16.2. The van der Waals surface area contributed by atoms with Crippen LogP contribution in [-0.4, -0.2) is 30.1 Å². The van der Waals surface area contributed by atoms with Crippen LogP contribution in [0.2, 0.25) is 0 Å². The molecular weight excluding hydrogens is 356 g/mol. The van der Waals surface area contributed by atoms with Gasteiger partial charge >= 0.3 is 0 Å². The molecule has 2 N–H and O–H groups in total. The van der Waals surface area contributed by atoms with Crippen molar-refractivity contribution >= 4 is 23.2 Å². The van der Waals surface area contributed by atoms with Crippen LogP contribution >= 0.6 is 0 Å². The molecule has 144 valence electrons. The highest BCUT2D eigenvalue weighted by molar-refractivity contribution is 6.08. The first-order valence-electron chi connectivity index (χ1n) is 8.72. The van der Waals surface area contributed by atoms with Crippen LogP contribution < -0.4 is 20.1 Å². The Morgan fingerprint density at radius 1 is 0.857 bits per heavy atom. The van der Waals surface area contributed by atoms with Gasteiger partial charge in [-0.25, -0.2) is 9.97 Å². The van der Waals surface area contributed by atoms with Crippen LogP contribution in [0.3, 0.4) is 0 Å². The summed E-state index contributed by atoms with van der Waals surface area (Å²) in [4.78, 5) is 21.6. The summed E-state index contributed by atoms with van der Waals surface area (Å²) in [6.07, 6.45) is 0. The number of carbonyl (C=O) groups excluding carboxylic acids is 1. The van der Waals surface area contributed by atoms with Crippen molar-refractivity contribution in [2.24, 2.45) is 0 Å². The lowest BCUT2D eigenvalue weighted by Crippen LogP contribution is -2.14. The van der Waals surface area contributed by atoms with Gasteiger partial charge in [-0.1, -0.05) is 12.1 Å². The van der Waals surface area contributed by atoms with E-state index in [2.05, 4.69) is 20.6 Å². The number of aromatic nitrogens is 2. The molecule has 0 aliphatic carbocycles. The third-order valence-electron chi connectivity index (χ3n) is 4.01. The number of nitrogens with zero attached hydrogens (tertiary/aromatic N) is 2. The Kier molecular flexibility index (Phi) is 5.74. The summed E-state index contributed by atoms with van der Waals surface area (Å²) in [5.74, 6) is 1.06. The van der Waals surface area contributed by atoms with E-state index in [0.717, 1.165) is 17.1 Å². The van der Waals surface area contributed by atoms with Crippen molar-refractivity contribution in [3.63, 3.8) is 0 Å². The number of anilines is 3. The lowest BCUT2D eigenvalue weighted by atomic mass is 10.1. The van der Waals surface area contributed by atoms with Gasteiger partial charge < -0.3 is 20.1 Å². The maximum Gasteiger partial charge on any atom is 0.263 e. The Balaban J connectivity index is 1.82. The zero-order valence-corrected chi connectivity index (χ0v) is 16.2. The van der Waals surface area contributed by atoms with E-state index in [0.29, 0.717) is 28.7 Å². The molecule has 3 rings (SSSR count). The van der Waals surface area contributed by atoms with E-state index in [1.807, 2.05) is 32.0 Å². The zero-order chi connectivity index (χ0) is 20.1. The van der Waals surface area contributed by atoms with Crippen LogP contribution in [0.25, 0.3) is 0 Å². The summed E-state index contributed by atoms with van der Waals surface area (Å²) in [6, 6.07) is 14.4. The van der Waals surface area contributed by atoms with Crippen LogP contribution in [0.4, 0.5) is 17.3 Å². The Morgan fingerprint density at radius 3 is 2.04 bits per heavy atom. The van der Waals surface area contributed by atoms with Crippen molar-refractivity contribution in [1.82, 2.24) is 9.97 Å². The largest absolute Gasteiger partial charge is 0.496 e. The second-order valence-electron chi connectivity index (χ2n) is 6.17. The fourth-order valence-corrected chi connectivity index (χ4v) is 2.85. The molecule has 1 heterocycles. The number of aryl methyl sites for hydroxylation is 2. The number of nitrogens with one attached hydrogen (secondary N) is 2. The van der Waals surface area contributed by atoms with Gasteiger partial charge in [0.25, 0.3) is 5.91 Å². The van der Waals surface area contributed by atoms with Crippen molar-refractivity contribution in [3.05, 3.63) is 65.5 Å². The number of ether oxygens (including phenoxy) is 2. The topological polar surface area (TPSA) is 85.4 Å². The molecule has 3 aromatic rings. The summed E-state index contributed by atoms with van der Waals surface area (Å²) < 4.78 is 10.6. The van der Waals surface area contributed by atoms with Gasteiger partial charge in [0.2, 0.25) is 5.95 Å². The van der Waals surface area contributed by atoms with E-state index < -0.39 is 0 Å². The smallest absolute Gasteiger partial charge is 0.263 e. The first kappa shape index (κ1) is 19.2. The molecule has 0 atom stereocenters. The van der Waals surface area contributed by atoms with E-state index in [-0.39, 0.29) is 5.91 Å². The van der Waals surface area contributed by atoms with E-state index in [1.54, 1.807) is 30.3 Å². The predicted octanol–water partition coefficient (Wildman–Crippen LogP) is 4.11. The van der Waals surface area contributed by atoms with Gasteiger partial charge in [0.05, 0.1) is 14.2 Å². The third kappa shape index (κ3) is 4.37. The first-order chi connectivity index (χ1) is 13.5. The van der Waals surface area contributed by atoms with Crippen molar-refractivity contribution in [2.45, 2.75) is 13.8 Å². The highest BCUT2D eigenvalue weighted by Gasteiger charge is 2.18. The van der Waals surface area contributed by atoms with Crippen molar-refractivity contribution < 1.29 is 14.3 Å². The molecule has 28 heavy (non-hydrogen) atoms. The lowest BCUT2D eigenvalue weighted by molar-refractivity contribution is 0.102. The molecule has 7 heteroatoms. The van der Waals surface area contributed by atoms with Crippen LogP contribution in [0.15, 0.2) is 48.5 Å². The van der Waals surface area contributed by atoms with Crippen LogP contribution in [0, 0.1) is 13.8 Å². The molecule has 0 aliphatic rings. The monoisotopic (exact) mass is 378 g/mol. The van der Waals surface area contributed by atoms with Crippen LogP contribution in [0.1, 0.15) is 21.7 Å². The summed E-state index contributed by atoms with van der Waals surface area (Å²) in [7, 11) is 3.03. The number of hydrogen-bond acceptors (Lipinski definition) is 6. The molecule has 0 radical (unpaired) electrons. The summed E-state index contributed by atoms with van der Waals surface area (Å²) in [5.41, 5.74) is 3.47. The second kappa shape index (κ2) is 8.39. The van der Waals surface area contributed by atoms with E-state index in [1.165, 1.54) is 14.2 Å². The quantitative estimate of drug-likeness (QED) is 0.671. The molecular formula is C21H22N4O3. The highest BCUT2D eigenvalue weighted by Crippen LogP contribution is 2.29. The highest BCUT2D eigenvalue weighted by atomic mass is 16.5. The molecule has 1 aromatic heterocycles. The van der Waals surface area contributed by atoms with Gasteiger partial charge in [-0.2, -0.15) is 0 Å². The minimum Gasteiger partial charge on any atom is -0.496 e. The SMILES string of the molecule is COc1cccc(OC)c1C(=O)Nc1cccc(Nc2nc(C)cc(C)n2)c1. The molecule has 0 bridgehead atoms. The minimum absolute atomic E-state index is 0.325. The molecule has 0 aliphatic heterocycles. The van der Waals surface area contributed by atoms with E-state index >= 15 is 0 Å². The number of amides is 1. The lowest BCUT2D eigenvalue weighted by Gasteiger charge is -2.13. The molecule has 1 amide bonds. The van der Waals surface area contributed by atoms with Crippen LogP contribution in [0.5, 0.6) is 11.5 Å². The average molecular weight is 378 g/mol. The van der Waals surface area contributed by atoms with Crippen LogP contribution in [-0.2, 0) is 0 Å². The minimum atomic E-state index is -0.325. The number of hydrogen-bond donors (Lipinski definition) is 2. The average Bonchev–Trinajstić information content (AvgIpc) is 2.66. The van der Waals surface area contributed by atoms with Gasteiger partial charge in [0.15, 0.2) is 0 Å². The van der Waals surface area contributed by atoms with Gasteiger partial charge in [-0.3, -0.25) is 4.79 Å². The Bertz CT molecular complexity index is 962. The molecule has 0 unspecified atom stereocenters. The molecule has 0 fully saturated rings. The second-order valence-corrected chi connectivity index (χ2v) is 6.17. The molecule has 0 saturated carbocycles. The maximum atomic E-state index is 12.8. The summed E-state index contributed by atoms with van der Waals surface area (Å²) in [6.45, 7) is 3.83. The third-order valence-corrected chi connectivity index (χ3v) is 4.01. The Hall–Kier alpha value is -3.61.